The number of halogens is 1. The lowest BCUT2D eigenvalue weighted by Gasteiger charge is -2.12. The number of nitrogens with zero attached hydrogens (tertiary/aromatic N) is 1. The number of guanidine groups is 1. The lowest BCUT2D eigenvalue weighted by atomic mass is 10.2. The van der Waals surface area contributed by atoms with E-state index in [-0.39, 0.29) is 5.91 Å². The predicted molar refractivity (Wildman–Crippen MR) is 109 cm³/mol. The number of aliphatic imine (C=N–C) groups is 1. The average Bonchev–Trinajstić information content (AvgIpc) is 2.66. The summed E-state index contributed by atoms with van der Waals surface area (Å²) in [6.45, 7) is 1.12. The van der Waals surface area contributed by atoms with Gasteiger partial charge in [0.25, 0.3) is 0 Å². The Kier molecular flexibility index (Phi) is 7.95. The molecule has 26 heavy (non-hydrogen) atoms. The van der Waals surface area contributed by atoms with Crippen LogP contribution in [0.2, 0.25) is 0 Å². The first kappa shape index (κ1) is 19.8. The van der Waals surface area contributed by atoms with Crippen molar-refractivity contribution in [2.45, 2.75) is 13.0 Å². The van der Waals surface area contributed by atoms with Crippen molar-refractivity contribution < 1.29 is 9.53 Å². The van der Waals surface area contributed by atoms with E-state index < -0.39 is 0 Å². The fourth-order valence-corrected chi connectivity index (χ4v) is 2.47. The molecule has 0 atom stereocenters. The molecule has 0 spiro atoms. The van der Waals surface area contributed by atoms with Crippen LogP contribution in [-0.2, 0) is 11.3 Å². The molecule has 0 bridgehead atoms. The normalized spacial score (nSPS) is 11.0. The van der Waals surface area contributed by atoms with E-state index in [1.807, 2.05) is 48.5 Å². The molecule has 0 aliphatic rings. The number of carbonyl (C=O) groups is 1. The Balaban J connectivity index is 1.70. The zero-order valence-corrected chi connectivity index (χ0v) is 16.5. The molecule has 6 nitrogen and oxygen atoms in total. The molecule has 7 heteroatoms. The summed E-state index contributed by atoms with van der Waals surface area (Å²) in [5.41, 5.74) is 1.89. The fourth-order valence-electron chi connectivity index (χ4n) is 2.20. The second-order valence-corrected chi connectivity index (χ2v) is 6.42. The molecule has 0 unspecified atom stereocenters. The van der Waals surface area contributed by atoms with Crippen LogP contribution in [0, 0.1) is 0 Å². The molecule has 0 aliphatic heterocycles. The van der Waals surface area contributed by atoms with Crippen LogP contribution >= 0.6 is 15.9 Å². The maximum Gasteiger partial charge on any atom is 0.226 e. The van der Waals surface area contributed by atoms with Gasteiger partial charge in [-0.2, -0.15) is 0 Å². The monoisotopic (exact) mass is 418 g/mol. The minimum absolute atomic E-state index is 0.0505. The number of hydrogen-bond acceptors (Lipinski definition) is 3. The van der Waals surface area contributed by atoms with Gasteiger partial charge in [-0.05, 0) is 42.0 Å². The number of nitrogens with one attached hydrogen (secondary N) is 3. The highest BCUT2D eigenvalue weighted by Crippen LogP contribution is 2.14. The average molecular weight is 419 g/mol. The molecule has 0 fully saturated rings. The van der Waals surface area contributed by atoms with Crippen LogP contribution in [-0.4, -0.2) is 32.6 Å². The third-order valence-electron chi connectivity index (χ3n) is 3.62. The number of amides is 1. The van der Waals surface area contributed by atoms with E-state index in [1.165, 1.54) is 0 Å². The number of anilines is 1. The largest absolute Gasteiger partial charge is 0.497 e. The van der Waals surface area contributed by atoms with E-state index in [4.69, 9.17) is 4.74 Å². The van der Waals surface area contributed by atoms with Gasteiger partial charge in [0.15, 0.2) is 5.96 Å². The zero-order chi connectivity index (χ0) is 18.8. The molecule has 1 amide bonds. The molecule has 2 rings (SSSR count). The minimum Gasteiger partial charge on any atom is -0.497 e. The van der Waals surface area contributed by atoms with Crippen LogP contribution < -0.4 is 20.7 Å². The Morgan fingerprint density at radius 3 is 2.38 bits per heavy atom. The first-order valence-electron chi connectivity index (χ1n) is 8.23. The molecule has 0 aliphatic carbocycles. The van der Waals surface area contributed by atoms with Crippen molar-refractivity contribution >= 4 is 33.5 Å². The summed E-state index contributed by atoms with van der Waals surface area (Å²) in [7, 11) is 3.34. The van der Waals surface area contributed by atoms with Crippen molar-refractivity contribution in [3.05, 3.63) is 58.6 Å². The third kappa shape index (κ3) is 6.76. The molecule has 0 saturated carbocycles. The molecule has 2 aromatic rings. The molecule has 0 saturated heterocycles. The molecule has 0 heterocycles. The fraction of sp³-hybridized carbons (Fsp3) is 0.263. The van der Waals surface area contributed by atoms with E-state index in [1.54, 1.807) is 14.2 Å². The van der Waals surface area contributed by atoms with Gasteiger partial charge in [0, 0.05) is 36.7 Å². The Bertz CT molecular complexity index is 730. The van der Waals surface area contributed by atoms with Crippen molar-refractivity contribution in [2.24, 2.45) is 4.99 Å². The number of benzene rings is 2. The van der Waals surface area contributed by atoms with Crippen molar-refractivity contribution in [1.82, 2.24) is 10.6 Å². The quantitative estimate of drug-likeness (QED) is 0.476. The third-order valence-corrected chi connectivity index (χ3v) is 4.14. The van der Waals surface area contributed by atoms with Gasteiger partial charge in [-0.25, -0.2) is 0 Å². The Labute approximate surface area is 162 Å². The van der Waals surface area contributed by atoms with E-state index in [9.17, 15) is 4.79 Å². The summed E-state index contributed by atoms with van der Waals surface area (Å²) in [4.78, 5) is 16.1. The zero-order valence-electron chi connectivity index (χ0n) is 14.9. The Hall–Kier alpha value is -2.54. The minimum atomic E-state index is -0.0505. The van der Waals surface area contributed by atoms with Gasteiger partial charge >= 0.3 is 0 Å². The van der Waals surface area contributed by atoms with Crippen LogP contribution in [0.4, 0.5) is 5.69 Å². The summed E-state index contributed by atoms with van der Waals surface area (Å²) in [6.07, 6.45) is 0.347. The van der Waals surface area contributed by atoms with Gasteiger partial charge in [-0.15, -0.1) is 0 Å². The maximum absolute atomic E-state index is 12.0. The van der Waals surface area contributed by atoms with E-state index in [0.29, 0.717) is 25.5 Å². The Morgan fingerprint density at radius 1 is 1.08 bits per heavy atom. The van der Waals surface area contributed by atoms with Gasteiger partial charge in [-0.3, -0.25) is 9.79 Å². The van der Waals surface area contributed by atoms with Crippen LogP contribution in [0.3, 0.4) is 0 Å². The number of methoxy groups -OCH3 is 1. The summed E-state index contributed by atoms with van der Waals surface area (Å²) in [6, 6.07) is 15.3. The maximum atomic E-state index is 12.0. The molecule has 0 radical (unpaired) electrons. The molecular formula is C19H23BrN4O2. The summed E-state index contributed by atoms with van der Waals surface area (Å²) in [5.74, 6) is 1.43. The topological polar surface area (TPSA) is 74.8 Å². The van der Waals surface area contributed by atoms with Gasteiger partial charge in [0.05, 0.1) is 7.11 Å². The molecular weight excluding hydrogens is 396 g/mol. The van der Waals surface area contributed by atoms with E-state index in [0.717, 1.165) is 21.5 Å². The van der Waals surface area contributed by atoms with Gasteiger partial charge in [-0.1, -0.05) is 28.1 Å². The second-order valence-electron chi connectivity index (χ2n) is 5.51. The van der Waals surface area contributed by atoms with Crippen molar-refractivity contribution in [3.8, 4) is 5.75 Å². The number of ether oxygens (including phenoxy) is 1. The van der Waals surface area contributed by atoms with Crippen LogP contribution in [0.1, 0.15) is 12.0 Å². The highest BCUT2D eigenvalue weighted by molar-refractivity contribution is 9.10. The van der Waals surface area contributed by atoms with Crippen molar-refractivity contribution in [2.75, 3.05) is 26.0 Å². The van der Waals surface area contributed by atoms with Crippen LogP contribution in [0.15, 0.2) is 58.0 Å². The summed E-state index contributed by atoms with van der Waals surface area (Å²) >= 11 is 3.37. The number of hydrogen-bond donors (Lipinski definition) is 3. The van der Waals surface area contributed by atoms with Gasteiger partial charge < -0.3 is 20.7 Å². The Morgan fingerprint density at radius 2 is 1.77 bits per heavy atom. The van der Waals surface area contributed by atoms with E-state index >= 15 is 0 Å². The van der Waals surface area contributed by atoms with Crippen LogP contribution in [0.25, 0.3) is 0 Å². The van der Waals surface area contributed by atoms with Gasteiger partial charge in [0.1, 0.15) is 5.75 Å². The summed E-state index contributed by atoms with van der Waals surface area (Å²) < 4.78 is 6.12. The smallest absolute Gasteiger partial charge is 0.226 e. The first-order valence-corrected chi connectivity index (χ1v) is 9.03. The first-order chi connectivity index (χ1) is 12.6. The molecule has 3 N–H and O–H groups in total. The SMILES string of the molecule is CN=C(NCCC(=O)Nc1ccc(Br)cc1)NCc1ccc(OC)cc1. The number of rotatable bonds is 7. The highest BCUT2D eigenvalue weighted by Gasteiger charge is 2.04. The van der Waals surface area contributed by atoms with Crippen molar-refractivity contribution in [3.63, 3.8) is 0 Å². The molecule has 0 aromatic heterocycles. The predicted octanol–water partition coefficient (Wildman–Crippen LogP) is 3.15. The molecule has 2 aromatic carbocycles. The lowest BCUT2D eigenvalue weighted by Crippen LogP contribution is -2.38. The van der Waals surface area contributed by atoms with Gasteiger partial charge in [0.2, 0.25) is 5.91 Å². The summed E-state index contributed by atoms with van der Waals surface area (Å²) in [5, 5.41) is 9.21. The second kappa shape index (κ2) is 10.5. The van der Waals surface area contributed by atoms with Crippen molar-refractivity contribution in [1.29, 1.82) is 0 Å². The standard InChI is InChI=1S/C19H23BrN4O2/c1-21-19(23-13-14-3-9-17(26-2)10-4-14)22-12-11-18(25)24-16-7-5-15(20)6-8-16/h3-10H,11-13H2,1-2H3,(H,24,25)(H2,21,22,23). The van der Waals surface area contributed by atoms with E-state index in [2.05, 4.69) is 36.9 Å². The number of carbonyl (C=O) groups excluding carboxylic acids is 1. The highest BCUT2D eigenvalue weighted by atomic mass is 79.9. The lowest BCUT2D eigenvalue weighted by molar-refractivity contribution is -0.116. The van der Waals surface area contributed by atoms with Crippen LogP contribution in [0.5, 0.6) is 5.75 Å². The molecule has 138 valence electrons.